The summed E-state index contributed by atoms with van der Waals surface area (Å²) < 4.78 is 21.4. The van der Waals surface area contributed by atoms with E-state index in [9.17, 15) is 43.2 Å². The topological polar surface area (TPSA) is 404 Å². The van der Waals surface area contributed by atoms with Gasteiger partial charge in [-0.05, 0) is 79.1 Å². The van der Waals surface area contributed by atoms with Crippen molar-refractivity contribution in [3.05, 3.63) is 0 Å². The van der Waals surface area contributed by atoms with E-state index in [0.717, 1.165) is 12.8 Å². The van der Waals surface area contributed by atoms with E-state index >= 15 is 0 Å². The van der Waals surface area contributed by atoms with E-state index < -0.39 is 23.0 Å². The fraction of sp³-hybridized carbons (Fsp3) is 0.807. The maximum atomic E-state index is 13.3. The van der Waals surface area contributed by atoms with Crippen molar-refractivity contribution in [3.8, 4) is 0 Å². The number of carbonyl (C=O) groups excluding carboxylic acids is 9. The lowest BCUT2D eigenvalue weighted by Gasteiger charge is -2.29. The summed E-state index contributed by atoms with van der Waals surface area (Å²) in [5, 5.41) is 47.6. The minimum atomic E-state index is -0.679. The van der Waals surface area contributed by atoms with Crippen LogP contribution >= 0.6 is 0 Å². The first-order chi connectivity index (χ1) is 39.9. The third-order valence-corrected chi connectivity index (χ3v) is 12.6. The molecule has 486 valence electrons. The lowest BCUT2D eigenvalue weighted by atomic mass is 9.93. The van der Waals surface area contributed by atoms with Crippen molar-refractivity contribution in [1.82, 2.24) is 42.5 Å². The Hall–Kier alpha value is -5.87. The second-order valence-electron chi connectivity index (χ2n) is 21.9. The molecule has 0 aromatic heterocycles. The molecule has 0 aliphatic carbocycles. The summed E-state index contributed by atoms with van der Waals surface area (Å²) in [4.78, 5) is 111. The molecule has 0 saturated carbocycles. The number of Topliss-reactive ketones (excluding diaryl/α,β-unsaturated/α-hetero) is 1. The van der Waals surface area contributed by atoms with Crippen LogP contribution in [0.5, 0.6) is 0 Å². The average Bonchev–Trinajstić information content (AvgIpc) is 3.46. The Bertz CT molecular complexity index is 1880. The van der Waals surface area contributed by atoms with E-state index in [1.54, 1.807) is 41.5 Å². The minimum absolute atomic E-state index is 0.0179. The Kier molecular flexibility index (Phi) is 49.2. The molecule has 14 N–H and O–H groups in total. The van der Waals surface area contributed by atoms with Gasteiger partial charge in [-0.1, -0.05) is 53.4 Å². The summed E-state index contributed by atoms with van der Waals surface area (Å²) in [6, 6.07) is -0.424. The summed E-state index contributed by atoms with van der Waals surface area (Å²) in [7, 11) is 0. The first kappa shape index (κ1) is 80.2. The molecule has 0 rings (SSSR count). The molecule has 0 aromatic rings. The molecule has 8 amide bonds. The number of amides is 8. The predicted octanol–water partition coefficient (Wildman–Crippen LogP) is 1.86. The fourth-order valence-corrected chi connectivity index (χ4v) is 7.52. The Morgan fingerprint density at radius 1 is 0.488 bits per heavy atom. The van der Waals surface area contributed by atoms with Gasteiger partial charge < -0.3 is 83.4 Å². The third kappa shape index (κ3) is 50.6. The van der Waals surface area contributed by atoms with Crippen molar-refractivity contribution in [1.29, 1.82) is 0 Å². The van der Waals surface area contributed by atoms with Crippen molar-refractivity contribution in [3.63, 3.8) is 0 Å². The summed E-state index contributed by atoms with van der Waals surface area (Å²) >= 11 is 0. The van der Waals surface area contributed by atoms with Gasteiger partial charge in [-0.2, -0.15) is 0 Å². The van der Waals surface area contributed by atoms with Crippen LogP contribution in [-0.4, -0.2) is 192 Å². The zero-order chi connectivity index (χ0) is 63.4. The lowest BCUT2D eigenvalue weighted by Crippen LogP contribution is -2.55. The number of hydrogen-bond acceptors (Lipinski definition) is 19. The molecule has 0 aromatic carbocycles. The van der Waals surface area contributed by atoms with E-state index in [-0.39, 0.29) is 169 Å². The number of nitrogens with two attached hydrogens (primary N) is 2. The van der Waals surface area contributed by atoms with E-state index in [0.29, 0.717) is 84.1 Å². The van der Waals surface area contributed by atoms with E-state index in [1.165, 1.54) is 18.9 Å². The van der Waals surface area contributed by atoms with Gasteiger partial charge >= 0.3 is 0 Å². The Labute approximate surface area is 498 Å². The molecular weight excluding hydrogens is 1090 g/mol. The number of primary amides is 2. The van der Waals surface area contributed by atoms with Crippen LogP contribution < -0.4 is 54.0 Å². The molecule has 0 bridgehead atoms. The van der Waals surface area contributed by atoms with Crippen molar-refractivity contribution >= 4 is 65.5 Å². The molecule has 0 aliphatic heterocycles. The van der Waals surface area contributed by atoms with Crippen LogP contribution in [-0.2, 0) is 62.1 Å². The van der Waals surface area contributed by atoms with Crippen LogP contribution in [0.15, 0.2) is 10.3 Å². The highest BCUT2D eigenvalue weighted by Crippen LogP contribution is 2.17. The smallest absolute Gasteiger partial charge is 0.246 e. The Morgan fingerprint density at radius 3 is 1.32 bits per heavy atom. The lowest BCUT2D eigenvalue weighted by molar-refractivity contribution is -0.130. The van der Waals surface area contributed by atoms with Crippen molar-refractivity contribution in [2.24, 2.45) is 39.5 Å². The summed E-state index contributed by atoms with van der Waals surface area (Å²) in [5.41, 5.74) is 9.24. The SMILES string of the molecule is CCC.C[C@@H](CCCCNC(=O)COCCOCCNC(=O)COCCOCCNC(=O)CCCC(=O)NCCCC[C@H](CC(=O)CCCC(=O)NC(CNC(C)(C)/C=N/O)CNC(C)(C)/C=N/O)C(=O)NCCCC[C@H](C)C(N)=O)C(N)=O. The van der Waals surface area contributed by atoms with Crippen LogP contribution in [0.1, 0.15) is 165 Å². The monoisotopic (exact) mass is 1200 g/mol. The molecule has 3 atom stereocenters. The quantitative estimate of drug-likeness (QED) is 0.0179. The van der Waals surface area contributed by atoms with Gasteiger partial charge in [0.2, 0.25) is 47.3 Å². The number of carbonyl (C=O) groups is 9. The molecule has 0 saturated heterocycles. The molecule has 27 heteroatoms. The summed E-state index contributed by atoms with van der Waals surface area (Å²) in [5.74, 6) is -3.52. The molecule has 0 unspecified atom stereocenters. The largest absolute Gasteiger partial charge is 0.411 e. The Balaban J connectivity index is 0. The third-order valence-electron chi connectivity index (χ3n) is 12.6. The first-order valence-corrected chi connectivity index (χ1v) is 29.8. The molecule has 0 aliphatic rings. The second-order valence-corrected chi connectivity index (χ2v) is 21.9. The molecule has 27 nitrogen and oxygen atoms in total. The summed E-state index contributed by atoms with van der Waals surface area (Å²) in [6.45, 7) is 18.4. The number of rotatable bonds is 53. The average molecular weight is 1200 g/mol. The minimum Gasteiger partial charge on any atom is -0.411 e. The number of oxime groups is 2. The normalized spacial score (nSPS) is 12.7. The van der Waals surface area contributed by atoms with Crippen LogP contribution in [0.3, 0.4) is 0 Å². The van der Waals surface area contributed by atoms with Crippen molar-refractivity contribution < 1.29 is 72.5 Å². The Morgan fingerprint density at radius 2 is 0.869 bits per heavy atom. The van der Waals surface area contributed by atoms with Crippen LogP contribution in [0.25, 0.3) is 0 Å². The zero-order valence-electron chi connectivity index (χ0n) is 51.8. The van der Waals surface area contributed by atoms with Gasteiger partial charge in [0.25, 0.3) is 0 Å². The van der Waals surface area contributed by atoms with Crippen LogP contribution in [0.2, 0.25) is 0 Å². The predicted molar refractivity (Wildman–Crippen MR) is 320 cm³/mol. The molecule has 0 radical (unpaired) electrons. The number of ketones is 1. The number of nitrogens with one attached hydrogen (secondary N) is 8. The highest BCUT2D eigenvalue weighted by atomic mass is 16.5. The molecule has 0 heterocycles. The number of ether oxygens (including phenoxy) is 4. The first-order valence-electron chi connectivity index (χ1n) is 29.8. The number of nitrogens with zero attached hydrogens (tertiary/aromatic N) is 2. The molecular formula is C57H108N12O15. The van der Waals surface area contributed by atoms with Gasteiger partial charge in [0.15, 0.2) is 0 Å². The van der Waals surface area contributed by atoms with Gasteiger partial charge in [-0.15, -0.1) is 10.3 Å². The van der Waals surface area contributed by atoms with E-state index in [2.05, 4.69) is 66.7 Å². The van der Waals surface area contributed by atoms with Gasteiger partial charge in [0.1, 0.15) is 19.0 Å². The summed E-state index contributed by atoms with van der Waals surface area (Å²) in [6.07, 6.45) is 10.5. The highest BCUT2D eigenvalue weighted by Gasteiger charge is 2.24. The van der Waals surface area contributed by atoms with Gasteiger partial charge in [-0.3, -0.25) is 43.2 Å². The number of hydrogen-bond donors (Lipinski definition) is 12. The number of unbranched alkanes of at least 4 members (excludes halogenated alkanes) is 3. The molecule has 0 spiro atoms. The molecule has 0 fully saturated rings. The van der Waals surface area contributed by atoms with Crippen LogP contribution in [0, 0.1) is 17.8 Å². The molecule has 84 heavy (non-hydrogen) atoms. The van der Waals surface area contributed by atoms with Gasteiger partial charge in [0, 0.05) is 95.7 Å². The van der Waals surface area contributed by atoms with Crippen molar-refractivity contribution in [2.45, 2.75) is 182 Å². The van der Waals surface area contributed by atoms with E-state index in [4.69, 9.17) is 40.8 Å². The maximum Gasteiger partial charge on any atom is 0.246 e. The highest BCUT2D eigenvalue weighted by molar-refractivity contribution is 5.87. The second kappa shape index (κ2) is 51.5. The maximum absolute atomic E-state index is 13.3. The van der Waals surface area contributed by atoms with Crippen molar-refractivity contribution in [2.75, 3.05) is 98.7 Å². The fourth-order valence-electron chi connectivity index (χ4n) is 7.52. The van der Waals surface area contributed by atoms with Gasteiger partial charge in [0.05, 0.1) is 69.2 Å². The zero-order valence-corrected chi connectivity index (χ0v) is 51.8. The van der Waals surface area contributed by atoms with E-state index in [1.807, 2.05) is 0 Å². The van der Waals surface area contributed by atoms with Gasteiger partial charge in [-0.25, -0.2) is 0 Å². The van der Waals surface area contributed by atoms with Crippen LogP contribution in [0.4, 0.5) is 0 Å². The standard InChI is InChI=1S/C54H100N12O15.C3H8/c1-40(50(55)73)15-7-10-23-58-48(71)36-80-31-30-79-28-26-60-49(72)37-81-32-29-78-27-25-59-46(69)20-14-19-45(68)57-22-12-9-17-42(52(75)61-24-11-8-16-41(2)51(56)74)33-44(67)18-13-21-47(70)66-43(34-62-53(3,4)38-64-76)35-63-54(5,6)39-65-77;1-3-2/h38-43,62-63,76-77H,7-37H2,1-6H3,(H2,55,73)(H2,56,74)(H,57,68)(H,58,71)(H,59,69)(H,60,72)(H,61,75)(H,66,70);3H2,1-2H3/b64-38+,65-39+;/t40-,41-,42+;/m0./s1.